The third-order valence-electron chi connectivity index (χ3n) is 3.71. The molecule has 1 radical (unpaired) electrons. The number of alkyl halides is 1. The van der Waals surface area contributed by atoms with Gasteiger partial charge in [-0.05, 0) is 40.1 Å². The maximum Gasteiger partial charge on any atom is 0.283 e. The lowest BCUT2D eigenvalue weighted by atomic mass is 10.0. The fraction of sp³-hybridized carbons (Fsp3) is 0.471. The molecule has 0 heterocycles. The van der Waals surface area contributed by atoms with Crippen molar-refractivity contribution in [2.24, 2.45) is 0 Å². The van der Waals surface area contributed by atoms with Crippen molar-refractivity contribution in [3.8, 4) is 6.07 Å². The topological polar surface area (TPSA) is 103 Å². The van der Waals surface area contributed by atoms with Gasteiger partial charge in [0.2, 0.25) is 0 Å². The van der Waals surface area contributed by atoms with Crippen LogP contribution in [0, 0.1) is 28.4 Å². The van der Waals surface area contributed by atoms with Gasteiger partial charge in [-0.25, -0.2) is 0 Å². The number of carbonyl (C=O) groups excluding carboxylic acids is 1. The van der Waals surface area contributed by atoms with Crippen molar-refractivity contribution in [1.29, 1.82) is 5.26 Å². The molecule has 0 aromatic heterocycles. The molecule has 0 saturated carbocycles. The number of nitrogens with zero attached hydrogens (tertiary/aromatic N) is 4. The van der Waals surface area contributed by atoms with E-state index in [0.29, 0.717) is 30.7 Å². The first-order valence-corrected chi connectivity index (χ1v) is 9.23. The molecule has 1 amide bonds. The lowest BCUT2D eigenvalue weighted by molar-refractivity contribution is -0.385. The van der Waals surface area contributed by atoms with Crippen LogP contribution in [0.3, 0.4) is 0 Å². The standard InChI is InChI=1S/C17H23BrN5O3/c1-4-22(9-6-18)15-11-14(16(23(25)26)10-13(15)12-19)17(24)20-7-5-8-21(2)3/h10-11H,1,4-9H2,2-3H3,(H,20,24). The minimum absolute atomic E-state index is 0.0538. The van der Waals surface area contributed by atoms with Crippen molar-refractivity contribution in [2.75, 3.05) is 50.5 Å². The zero-order valence-corrected chi connectivity index (χ0v) is 16.6. The van der Waals surface area contributed by atoms with E-state index in [9.17, 15) is 20.2 Å². The third-order valence-corrected chi connectivity index (χ3v) is 4.06. The summed E-state index contributed by atoms with van der Waals surface area (Å²) in [7, 11) is 3.85. The van der Waals surface area contributed by atoms with E-state index in [1.807, 2.05) is 25.1 Å². The van der Waals surface area contributed by atoms with Crippen LogP contribution in [-0.2, 0) is 0 Å². The summed E-state index contributed by atoms with van der Waals surface area (Å²) in [5.74, 6) is -0.524. The molecule has 0 unspecified atom stereocenters. The molecular formula is C17H23BrN5O3. The molecule has 0 bridgehead atoms. The molecule has 9 heteroatoms. The smallest absolute Gasteiger partial charge is 0.283 e. The Balaban J connectivity index is 3.20. The van der Waals surface area contributed by atoms with Gasteiger partial charge in [-0.2, -0.15) is 5.26 Å². The number of halogens is 1. The van der Waals surface area contributed by atoms with Gasteiger partial charge < -0.3 is 15.1 Å². The van der Waals surface area contributed by atoms with Gasteiger partial charge in [0.15, 0.2) is 0 Å². The maximum atomic E-state index is 12.5. The largest absolute Gasteiger partial charge is 0.370 e. The van der Waals surface area contributed by atoms with E-state index in [0.717, 1.165) is 19.0 Å². The van der Waals surface area contributed by atoms with Gasteiger partial charge in [0.05, 0.1) is 16.2 Å². The number of benzene rings is 1. The molecule has 1 aromatic rings. The van der Waals surface area contributed by atoms with Crippen LogP contribution in [0.2, 0.25) is 0 Å². The summed E-state index contributed by atoms with van der Waals surface area (Å²) in [5, 5.41) is 24.1. The zero-order valence-electron chi connectivity index (χ0n) is 15.0. The summed E-state index contributed by atoms with van der Waals surface area (Å²) < 4.78 is 0. The second-order valence-electron chi connectivity index (χ2n) is 5.84. The van der Waals surface area contributed by atoms with Crippen LogP contribution < -0.4 is 10.2 Å². The van der Waals surface area contributed by atoms with E-state index >= 15 is 0 Å². The third kappa shape index (κ3) is 5.97. The summed E-state index contributed by atoms with van der Waals surface area (Å²) >= 11 is 3.33. The first kappa shape index (κ1) is 21.9. The van der Waals surface area contributed by atoms with E-state index in [-0.39, 0.29) is 16.8 Å². The van der Waals surface area contributed by atoms with Gasteiger partial charge in [0.25, 0.3) is 11.6 Å². The minimum Gasteiger partial charge on any atom is -0.370 e. The number of nitro benzene ring substituents is 1. The maximum absolute atomic E-state index is 12.5. The Labute approximate surface area is 162 Å². The number of hydrogen-bond donors (Lipinski definition) is 1. The molecule has 1 rings (SSSR count). The van der Waals surface area contributed by atoms with E-state index in [2.05, 4.69) is 28.2 Å². The molecule has 0 fully saturated rings. The minimum atomic E-state index is -0.640. The summed E-state index contributed by atoms with van der Waals surface area (Å²) in [6.07, 6.45) is 0.726. The van der Waals surface area contributed by atoms with Gasteiger partial charge in [-0.3, -0.25) is 14.9 Å². The van der Waals surface area contributed by atoms with Gasteiger partial charge in [0, 0.05) is 31.0 Å². The van der Waals surface area contributed by atoms with Crippen LogP contribution in [0.1, 0.15) is 22.3 Å². The predicted octanol–water partition coefficient (Wildman–Crippen LogP) is 2.18. The van der Waals surface area contributed by atoms with Gasteiger partial charge in [-0.1, -0.05) is 15.9 Å². The van der Waals surface area contributed by atoms with Crippen LogP contribution in [0.4, 0.5) is 11.4 Å². The molecule has 0 aliphatic heterocycles. The monoisotopic (exact) mass is 424 g/mol. The highest BCUT2D eigenvalue weighted by atomic mass is 79.9. The number of amides is 1. The van der Waals surface area contributed by atoms with Crippen molar-refractivity contribution in [3.63, 3.8) is 0 Å². The van der Waals surface area contributed by atoms with E-state index in [1.54, 1.807) is 4.90 Å². The zero-order chi connectivity index (χ0) is 19.7. The fourth-order valence-corrected chi connectivity index (χ4v) is 2.84. The van der Waals surface area contributed by atoms with E-state index < -0.39 is 10.8 Å². The Hall–Kier alpha value is -2.18. The number of carbonyl (C=O) groups is 1. The van der Waals surface area contributed by atoms with Crippen LogP contribution >= 0.6 is 15.9 Å². The number of nitro groups is 1. The first-order valence-electron chi connectivity index (χ1n) is 8.11. The van der Waals surface area contributed by atoms with E-state index in [1.165, 1.54) is 6.07 Å². The molecule has 0 spiro atoms. The number of nitriles is 1. The second-order valence-corrected chi connectivity index (χ2v) is 6.64. The quantitative estimate of drug-likeness (QED) is 0.267. The van der Waals surface area contributed by atoms with Crippen molar-refractivity contribution in [2.45, 2.75) is 6.42 Å². The summed E-state index contributed by atoms with van der Waals surface area (Å²) in [5.41, 5.74) is 0.177. The highest BCUT2D eigenvalue weighted by molar-refractivity contribution is 9.09. The number of anilines is 1. The number of nitrogens with one attached hydrogen (secondary N) is 1. The van der Waals surface area contributed by atoms with Gasteiger partial charge in [-0.15, -0.1) is 0 Å². The average Bonchev–Trinajstić information content (AvgIpc) is 2.61. The predicted molar refractivity (Wildman–Crippen MR) is 105 cm³/mol. The summed E-state index contributed by atoms with van der Waals surface area (Å²) in [4.78, 5) is 27.0. The molecule has 26 heavy (non-hydrogen) atoms. The van der Waals surface area contributed by atoms with Crippen molar-refractivity contribution >= 4 is 33.2 Å². The Morgan fingerprint density at radius 1 is 1.42 bits per heavy atom. The van der Waals surface area contributed by atoms with Crippen LogP contribution in [-0.4, -0.2) is 61.3 Å². The Morgan fingerprint density at radius 2 is 2.12 bits per heavy atom. The fourth-order valence-electron chi connectivity index (χ4n) is 2.41. The lowest BCUT2D eigenvalue weighted by Gasteiger charge is -2.23. The summed E-state index contributed by atoms with van der Waals surface area (Å²) in [6, 6.07) is 4.53. The molecule has 1 N–H and O–H groups in total. The number of rotatable bonds is 10. The van der Waals surface area contributed by atoms with Crippen LogP contribution in [0.25, 0.3) is 0 Å². The first-order chi connectivity index (χ1) is 12.3. The Kier molecular flexibility index (Phi) is 9.02. The van der Waals surface area contributed by atoms with Gasteiger partial charge in [0.1, 0.15) is 11.6 Å². The molecule has 0 atom stereocenters. The SMILES string of the molecule is [CH2]CN(CCBr)c1cc(C(=O)NCCCN(C)C)c([N+](=O)[O-])cc1C#N. The lowest BCUT2D eigenvalue weighted by Crippen LogP contribution is -2.29. The molecule has 0 saturated heterocycles. The summed E-state index contributed by atoms with van der Waals surface area (Å²) in [6.45, 7) is 5.94. The molecule has 0 aliphatic carbocycles. The second kappa shape index (κ2) is 10.7. The Morgan fingerprint density at radius 3 is 2.62 bits per heavy atom. The molecule has 8 nitrogen and oxygen atoms in total. The normalized spacial score (nSPS) is 10.5. The van der Waals surface area contributed by atoms with E-state index in [4.69, 9.17) is 0 Å². The molecular weight excluding hydrogens is 402 g/mol. The Bertz CT molecular complexity index is 688. The van der Waals surface area contributed by atoms with Gasteiger partial charge >= 0.3 is 0 Å². The highest BCUT2D eigenvalue weighted by Gasteiger charge is 2.25. The average molecular weight is 425 g/mol. The molecule has 141 valence electrons. The van der Waals surface area contributed by atoms with Crippen molar-refractivity contribution < 1.29 is 9.72 Å². The van der Waals surface area contributed by atoms with Crippen LogP contribution in [0.15, 0.2) is 12.1 Å². The van der Waals surface area contributed by atoms with Crippen LogP contribution in [0.5, 0.6) is 0 Å². The van der Waals surface area contributed by atoms with Crippen molar-refractivity contribution in [3.05, 3.63) is 40.3 Å². The highest BCUT2D eigenvalue weighted by Crippen LogP contribution is 2.29. The van der Waals surface area contributed by atoms with Crippen molar-refractivity contribution in [1.82, 2.24) is 10.2 Å². The number of hydrogen-bond acceptors (Lipinski definition) is 6. The molecule has 0 aliphatic rings. The molecule has 1 aromatic carbocycles.